The van der Waals surface area contributed by atoms with E-state index < -0.39 is 0 Å². The number of pyridine rings is 1. The molecule has 0 spiro atoms. The van der Waals surface area contributed by atoms with Gasteiger partial charge >= 0.3 is 0 Å². The molecule has 0 bridgehead atoms. The van der Waals surface area contributed by atoms with E-state index in [0.29, 0.717) is 6.04 Å². The smallest absolute Gasteiger partial charge is 0.0619 e. The van der Waals surface area contributed by atoms with E-state index in [2.05, 4.69) is 16.8 Å². The number of hydrogen-bond donors (Lipinski definition) is 1. The second-order valence-corrected chi connectivity index (χ2v) is 4.29. The lowest BCUT2D eigenvalue weighted by molar-refractivity contribution is 0.000263. The molecule has 1 unspecified atom stereocenters. The van der Waals surface area contributed by atoms with E-state index in [4.69, 9.17) is 10.5 Å². The van der Waals surface area contributed by atoms with Gasteiger partial charge in [-0.3, -0.25) is 9.88 Å². The van der Waals surface area contributed by atoms with Crippen molar-refractivity contribution in [1.82, 2.24) is 9.88 Å². The number of ether oxygens (including phenoxy) is 1. The SMILES string of the molecule is CC1COCCN1CCc1ccc(N)cn1. The lowest BCUT2D eigenvalue weighted by atomic mass is 10.2. The van der Waals surface area contributed by atoms with Crippen molar-refractivity contribution in [1.29, 1.82) is 0 Å². The minimum Gasteiger partial charge on any atom is -0.397 e. The fourth-order valence-corrected chi connectivity index (χ4v) is 1.94. The van der Waals surface area contributed by atoms with Crippen molar-refractivity contribution in [3.05, 3.63) is 24.0 Å². The van der Waals surface area contributed by atoms with Crippen LogP contribution >= 0.6 is 0 Å². The van der Waals surface area contributed by atoms with Gasteiger partial charge in [0.25, 0.3) is 0 Å². The van der Waals surface area contributed by atoms with Gasteiger partial charge in [-0.1, -0.05) is 0 Å². The topological polar surface area (TPSA) is 51.4 Å². The average molecular weight is 221 g/mol. The number of aromatic nitrogens is 1. The molecule has 0 amide bonds. The summed E-state index contributed by atoms with van der Waals surface area (Å²) < 4.78 is 5.41. The van der Waals surface area contributed by atoms with E-state index in [1.807, 2.05) is 12.1 Å². The van der Waals surface area contributed by atoms with Crippen LogP contribution in [0, 0.1) is 0 Å². The Morgan fingerprint density at radius 2 is 2.44 bits per heavy atom. The summed E-state index contributed by atoms with van der Waals surface area (Å²) in [4.78, 5) is 6.75. The molecular formula is C12H19N3O. The van der Waals surface area contributed by atoms with Gasteiger partial charge < -0.3 is 10.5 Å². The highest BCUT2D eigenvalue weighted by atomic mass is 16.5. The van der Waals surface area contributed by atoms with Gasteiger partial charge in [0.2, 0.25) is 0 Å². The zero-order chi connectivity index (χ0) is 11.4. The molecule has 0 radical (unpaired) electrons. The largest absolute Gasteiger partial charge is 0.397 e. The van der Waals surface area contributed by atoms with E-state index >= 15 is 0 Å². The zero-order valence-corrected chi connectivity index (χ0v) is 9.72. The summed E-state index contributed by atoms with van der Waals surface area (Å²) >= 11 is 0. The van der Waals surface area contributed by atoms with Gasteiger partial charge in [0.05, 0.1) is 25.1 Å². The molecule has 1 aliphatic heterocycles. The van der Waals surface area contributed by atoms with E-state index in [1.54, 1.807) is 6.20 Å². The number of nitrogens with two attached hydrogens (primary N) is 1. The number of morpholine rings is 1. The second kappa shape index (κ2) is 5.27. The first-order valence-electron chi connectivity index (χ1n) is 5.78. The van der Waals surface area contributed by atoms with Gasteiger partial charge in [0.15, 0.2) is 0 Å². The van der Waals surface area contributed by atoms with Gasteiger partial charge in [0, 0.05) is 31.2 Å². The van der Waals surface area contributed by atoms with Crippen LogP contribution in [0.25, 0.3) is 0 Å². The fourth-order valence-electron chi connectivity index (χ4n) is 1.94. The molecule has 1 aliphatic rings. The highest BCUT2D eigenvalue weighted by molar-refractivity contribution is 5.34. The van der Waals surface area contributed by atoms with Gasteiger partial charge in [-0.25, -0.2) is 0 Å². The molecule has 0 saturated carbocycles. The maximum atomic E-state index is 5.60. The lowest BCUT2D eigenvalue weighted by Crippen LogP contribution is -2.44. The Kier molecular flexibility index (Phi) is 3.74. The van der Waals surface area contributed by atoms with Crippen molar-refractivity contribution in [2.45, 2.75) is 19.4 Å². The number of rotatable bonds is 3. The van der Waals surface area contributed by atoms with Crippen LogP contribution < -0.4 is 5.73 Å². The van der Waals surface area contributed by atoms with Crippen molar-refractivity contribution in [3.8, 4) is 0 Å². The second-order valence-electron chi connectivity index (χ2n) is 4.29. The monoisotopic (exact) mass is 221 g/mol. The zero-order valence-electron chi connectivity index (χ0n) is 9.72. The first-order valence-corrected chi connectivity index (χ1v) is 5.78. The van der Waals surface area contributed by atoms with Gasteiger partial charge in [-0.2, -0.15) is 0 Å². The number of nitrogens with zero attached hydrogens (tertiary/aromatic N) is 2. The summed E-state index contributed by atoms with van der Waals surface area (Å²) in [6, 6.07) is 4.42. The summed E-state index contributed by atoms with van der Waals surface area (Å²) in [6.07, 6.45) is 2.70. The van der Waals surface area contributed by atoms with Gasteiger partial charge in [-0.15, -0.1) is 0 Å². The number of anilines is 1. The first kappa shape index (κ1) is 11.4. The van der Waals surface area contributed by atoms with Crippen LogP contribution in [-0.4, -0.2) is 42.2 Å². The Balaban J connectivity index is 1.84. The van der Waals surface area contributed by atoms with Crippen molar-refractivity contribution >= 4 is 5.69 Å². The minimum atomic E-state index is 0.516. The molecule has 16 heavy (non-hydrogen) atoms. The molecule has 0 aliphatic carbocycles. The van der Waals surface area contributed by atoms with Gasteiger partial charge in [-0.05, 0) is 19.1 Å². The Bertz CT molecular complexity index is 326. The lowest BCUT2D eigenvalue weighted by Gasteiger charge is -2.33. The van der Waals surface area contributed by atoms with Crippen molar-refractivity contribution in [2.24, 2.45) is 0 Å². The third-order valence-corrected chi connectivity index (χ3v) is 3.01. The van der Waals surface area contributed by atoms with E-state index in [9.17, 15) is 0 Å². The third kappa shape index (κ3) is 2.93. The molecule has 1 aromatic rings. The van der Waals surface area contributed by atoms with Crippen LogP contribution in [0.3, 0.4) is 0 Å². The summed E-state index contributed by atoms with van der Waals surface area (Å²) in [6.45, 7) is 5.96. The van der Waals surface area contributed by atoms with E-state index in [-0.39, 0.29) is 0 Å². The minimum absolute atomic E-state index is 0.516. The molecule has 4 heteroatoms. The Morgan fingerprint density at radius 3 is 3.12 bits per heavy atom. The van der Waals surface area contributed by atoms with Gasteiger partial charge in [0.1, 0.15) is 0 Å². The van der Waals surface area contributed by atoms with Crippen LogP contribution in [0.4, 0.5) is 5.69 Å². The predicted molar refractivity (Wildman–Crippen MR) is 64.2 cm³/mol. The summed E-state index contributed by atoms with van der Waals surface area (Å²) in [5.41, 5.74) is 7.43. The van der Waals surface area contributed by atoms with Crippen LogP contribution in [0.15, 0.2) is 18.3 Å². The first-order chi connectivity index (χ1) is 7.75. The standard InChI is InChI=1S/C12H19N3O/c1-10-9-16-7-6-15(10)5-4-12-3-2-11(13)8-14-12/h2-3,8,10H,4-7,9,13H2,1H3. The fraction of sp³-hybridized carbons (Fsp3) is 0.583. The molecular weight excluding hydrogens is 202 g/mol. The van der Waals surface area contributed by atoms with Crippen LogP contribution in [0.1, 0.15) is 12.6 Å². The summed E-state index contributed by atoms with van der Waals surface area (Å²) in [5, 5.41) is 0. The molecule has 88 valence electrons. The maximum absolute atomic E-state index is 5.60. The Labute approximate surface area is 96.4 Å². The molecule has 0 aromatic carbocycles. The Morgan fingerprint density at radius 1 is 1.56 bits per heavy atom. The maximum Gasteiger partial charge on any atom is 0.0619 e. The summed E-state index contributed by atoms with van der Waals surface area (Å²) in [5.74, 6) is 0. The van der Waals surface area contributed by atoms with Crippen molar-refractivity contribution < 1.29 is 4.74 Å². The molecule has 1 saturated heterocycles. The van der Waals surface area contributed by atoms with Crippen molar-refractivity contribution in [3.63, 3.8) is 0 Å². The molecule has 2 N–H and O–H groups in total. The molecule has 4 nitrogen and oxygen atoms in total. The molecule has 1 atom stereocenters. The number of hydrogen-bond acceptors (Lipinski definition) is 4. The molecule has 2 heterocycles. The van der Waals surface area contributed by atoms with Crippen molar-refractivity contribution in [2.75, 3.05) is 32.0 Å². The van der Waals surface area contributed by atoms with Crippen LogP contribution in [0.5, 0.6) is 0 Å². The predicted octanol–water partition coefficient (Wildman–Crippen LogP) is 0.927. The highest BCUT2D eigenvalue weighted by Crippen LogP contribution is 2.08. The molecule has 2 rings (SSSR count). The normalized spacial score (nSPS) is 22.2. The van der Waals surface area contributed by atoms with E-state index in [0.717, 1.165) is 44.1 Å². The van der Waals surface area contributed by atoms with E-state index in [1.165, 1.54) is 0 Å². The summed E-state index contributed by atoms with van der Waals surface area (Å²) in [7, 11) is 0. The highest BCUT2D eigenvalue weighted by Gasteiger charge is 2.17. The molecule has 1 fully saturated rings. The van der Waals surface area contributed by atoms with Crippen LogP contribution in [0.2, 0.25) is 0 Å². The third-order valence-electron chi connectivity index (χ3n) is 3.01. The average Bonchev–Trinajstić information content (AvgIpc) is 2.30. The Hall–Kier alpha value is -1.13. The quantitative estimate of drug-likeness (QED) is 0.825. The van der Waals surface area contributed by atoms with Crippen LogP contribution in [-0.2, 0) is 11.2 Å². The number of nitrogen functional groups attached to an aromatic ring is 1. The molecule has 1 aromatic heterocycles.